The van der Waals surface area contributed by atoms with Crippen molar-refractivity contribution in [3.8, 4) is 5.75 Å². The number of halogens is 2. The fourth-order valence-corrected chi connectivity index (χ4v) is 3.30. The van der Waals surface area contributed by atoms with Crippen molar-refractivity contribution in [1.82, 2.24) is 4.90 Å². The first-order valence-corrected chi connectivity index (χ1v) is 8.73. The number of rotatable bonds is 6. The molecule has 0 aromatic heterocycles. The summed E-state index contributed by atoms with van der Waals surface area (Å²) >= 11 is 9.51. The predicted octanol–water partition coefficient (Wildman–Crippen LogP) is 5.14. The van der Waals surface area contributed by atoms with E-state index in [0.29, 0.717) is 5.02 Å². The minimum Gasteiger partial charge on any atom is -0.492 e. The van der Waals surface area contributed by atoms with Crippen LogP contribution in [0, 0.1) is 0 Å². The van der Waals surface area contributed by atoms with Gasteiger partial charge in [0.1, 0.15) is 5.75 Å². The summed E-state index contributed by atoms with van der Waals surface area (Å²) in [6.07, 6.45) is 7.83. The summed E-state index contributed by atoms with van der Waals surface area (Å²) in [7, 11) is 0. The molecule has 0 N–H and O–H groups in total. The van der Waals surface area contributed by atoms with Crippen LogP contribution in [0.1, 0.15) is 38.5 Å². The molecule has 1 aromatic rings. The Morgan fingerprint density at radius 1 is 1.10 bits per heavy atom. The van der Waals surface area contributed by atoms with Crippen molar-refractivity contribution in [1.29, 1.82) is 0 Å². The standard InChI is InChI=1S/C16H23BrClNO/c17-14-7-8-16(15(18)13-14)20-12-6-5-11-19-9-3-1-2-4-10-19/h7-8,13H,1-6,9-12H2. The van der Waals surface area contributed by atoms with E-state index in [1.807, 2.05) is 18.2 Å². The van der Waals surface area contributed by atoms with Crippen LogP contribution in [0.5, 0.6) is 5.75 Å². The van der Waals surface area contributed by atoms with Gasteiger partial charge in [0.2, 0.25) is 0 Å². The minimum atomic E-state index is 0.673. The van der Waals surface area contributed by atoms with Crippen LogP contribution >= 0.6 is 27.5 Å². The number of ether oxygens (including phenoxy) is 1. The van der Waals surface area contributed by atoms with Gasteiger partial charge in [0, 0.05) is 4.47 Å². The average molecular weight is 361 g/mol. The molecule has 0 bridgehead atoms. The molecule has 1 saturated heterocycles. The van der Waals surface area contributed by atoms with Crippen LogP contribution in [0.3, 0.4) is 0 Å². The SMILES string of the molecule is Clc1cc(Br)ccc1OCCCCN1CCCCCC1. The molecule has 1 fully saturated rings. The molecule has 2 nitrogen and oxygen atoms in total. The van der Waals surface area contributed by atoms with Crippen LogP contribution in [-0.4, -0.2) is 31.1 Å². The molecule has 0 amide bonds. The summed E-state index contributed by atoms with van der Waals surface area (Å²) in [4.78, 5) is 2.60. The molecule has 4 heteroatoms. The number of hydrogen-bond donors (Lipinski definition) is 0. The van der Waals surface area contributed by atoms with Crippen molar-refractivity contribution in [2.24, 2.45) is 0 Å². The Kier molecular flexibility index (Phi) is 7.18. The number of benzene rings is 1. The summed E-state index contributed by atoms with van der Waals surface area (Å²) in [6.45, 7) is 4.51. The zero-order valence-electron chi connectivity index (χ0n) is 11.9. The molecule has 1 aromatic carbocycles. The highest BCUT2D eigenvalue weighted by Crippen LogP contribution is 2.27. The molecule has 0 saturated carbocycles. The molecule has 1 heterocycles. The van der Waals surface area contributed by atoms with Gasteiger partial charge in [-0.1, -0.05) is 40.4 Å². The van der Waals surface area contributed by atoms with Crippen molar-refractivity contribution >= 4 is 27.5 Å². The number of nitrogens with zero attached hydrogens (tertiary/aromatic N) is 1. The largest absolute Gasteiger partial charge is 0.492 e. The van der Waals surface area contributed by atoms with Crippen LogP contribution in [0.2, 0.25) is 5.02 Å². The van der Waals surface area contributed by atoms with E-state index in [0.717, 1.165) is 23.2 Å². The predicted molar refractivity (Wildman–Crippen MR) is 88.8 cm³/mol. The van der Waals surface area contributed by atoms with E-state index in [1.165, 1.54) is 51.7 Å². The highest BCUT2D eigenvalue weighted by Gasteiger charge is 2.08. The first-order valence-electron chi connectivity index (χ1n) is 7.56. The third-order valence-corrected chi connectivity index (χ3v) is 4.51. The average Bonchev–Trinajstić information content (AvgIpc) is 2.69. The second-order valence-corrected chi connectivity index (χ2v) is 6.71. The smallest absolute Gasteiger partial charge is 0.137 e. The van der Waals surface area contributed by atoms with Crippen LogP contribution in [0.4, 0.5) is 0 Å². The van der Waals surface area contributed by atoms with Gasteiger partial charge in [0.05, 0.1) is 11.6 Å². The fourth-order valence-electron chi connectivity index (χ4n) is 2.57. The van der Waals surface area contributed by atoms with Gasteiger partial charge in [0.15, 0.2) is 0 Å². The van der Waals surface area contributed by atoms with Crippen molar-refractivity contribution in [2.75, 3.05) is 26.2 Å². The molecular weight excluding hydrogens is 338 g/mol. The maximum absolute atomic E-state index is 6.12. The third kappa shape index (κ3) is 5.63. The lowest BCUT2D eigenvalue weighted by molar-refractivity contribution is 0.256. The van der Waals surface area contributed by atoms with Crippen LogP contribution in [0.15, 0.2) is 22.7 Å². The van der Waals surface area contributed by atoms with Gasteiger partial charge in [-0.05, 0) is 63.5 Å². The molecule has 1 aliphatic rings. The van der Waals surface area contributed by atoms with Crippen LogP contribution in [0.25, 0.3) is 0 Å². The molecule has 0 aliphatic carbocycles. The van der Waals surface area contributed by atoms with Gasteiger partial charge in [0.25, 0.3) is 0 Å². The Morgan fingerprint density at radius 2 is 1.85 bits per heavy atom. The Bertz CT molecular complexity index is 405. The highest BCUT2D eigenvalue weighted by molar-refractivity contribution is 9.10. The minimum absolute atomic E-state index is 0.673. The van der Waals surface area contributed by atoms with Crippen molar-refractivity contribution in [2.45, 2.75) is 38.5 Å². The quantitative estimate of drug-likeness (QED) is 0.651. The fraction of sp³-hybridized carbons (Fsp3) is 0.625. The van der Waals surface area contributed by atoms with Crippen molar-refractivity contribution in [3.63, 3.8) is 0 Å². The molecule has 20 heavy (non-hydrogen) atoms. The number of hydrogen-bond acceptors (Lipinski definition) is 2. The zero-order chi connectivity index (χ0) is 14.2. The van der Waals surface area contributed by atoms with Gasteiger partial charge >= 0.3 is 0 Å². The monoisotopic (exact) mass is 359 g/mol. The number of unbranched alkanes of at least 4 members (excludes halogenated alkanes) is 1. The molecule has 1 aliphatic heterocycles. The molecule has 0 spiro atoms. The van der Waals surface area contributed by atoms with Gasteiger partial charge in [-0.2, -0.15) is 0 Å². The summed E-state index contributed by atoms with van der Waals surface area (Å²) < 4.78 is 6.72. The summed E-state index contributed by atoms with van der Waals surface area (Å²) in [5, 5.41) is 0.673. The molecule has 0 atom stereocenters. The molecule has 112 valence electrons. The second-order valence-electron chi connectivity index (χ2n) is 5.39. The Morgan fingerprint density at radius 3 is 2.55 bits per heavy atom. The van der Waals surface area contributed by atoms with E-state index >= 15 is 0 Å². The summed E-state index contributed by atoms with van der Waals surface area (Å²) in [5.41, 5.74) is 0. The van der Waals surface area contributed by atoms with Crippen molar-refractivity contribution < 1.29 is 4.74 Å². The molecule has 0 unspecified atom stereocenters. The molecule has 0 radical (unpaired) electrons. The van der Waals surface area contributed by atoms with E-state index in [9.17, 15) is 0 Å². The summed E-state index contributed by atoms with van der Waals surface area (Å²) in [6, 6.07) is 5.74. The second kappa shape index (κ2) is 8.91. The lowest BCUT2D eigenvalue weighted by atomic mass is 10.2. The Hall–Kier alpha value is -0.250. The maximum atomic E-state index is 6.12. The van der Waals surface area contributed by atoms with Crippen LogP contribution < -0.4 is 4.74 Å². The third-order valence-electron chi connectivity index (χ3n) is 3.72. The van der Waals surface area contributed by atoms with Gasteiger partial charge < -0.3 is 9.64 Å². The topological polar surface area (TPSA) is 12.5 Å². The molecular formula is C16H23BrClNO. The van der Waals surface area contributed by atoms with Gasteiger partial charge in [-0.3, -0.25) is 0 Å². The van der Waals surface area contributed by atoms with E-state index in [2.05, 4.69) is 20.8 Å². The first kappa shape index (κ1) is 16.1. The summed E-state index contributed by atoms with van der Waals surface area (Å²) in [5.74, 6) is 0.782. The van der Waals surface area contributed by atoms with Crippen molar-refractivity contribution in [3.05, 3.63) is 27.7 Å². The maximum Gasteiger partial charge on any atom is 0.137 e. The lowest BCUT2D eigenvalue weighted by Crippen LogP contribution is -2.25. The van der Waals surface area contributed by atoms with E-state index in [-0.39, 0.29) is 0 Å². The van der Waals surface area contributed by atoms with E-state index in [1.54, 1.807) is 0 Å². The van der Waals surface area contributed by atoms with Gasteiger partial charge in [-0.15, -0.1) is 0 Å². The van der Waals surface area contributed by atoms with Gasteiger partial charge in [-0.25, -0.2) is 0 Å². The lowest BCUT2D eigenvalue weighted by Gasteiger charge is -2.19. The number of likely N-dealkylation sites (tertiary alicyclic amines) is 1. The first-order chi connectivity index (χ1) is 9.75. The zero-order valence-corrected chi connectivity index (χ0v) is 14.3. The van der Waals surface area contributed by atoms with Crippen LogP contribution in [-0.2, 0) is 0 Å². The highest BCUT2D eigenvalue weighted by atomic mass is 79.9. The van der Waals surface area contributed by atoms with E-state index < -0.39 is 0 Å². The normalized spacial score (nSPS) is 16.9. The molecule has 2 rings (SSSR count). The van der Waals surface area contributed by atoms with E-state index in [4.69, 9.17) is 16.3 Å². The Balaban J connectivity index is 1.61. The Labute approximate surface area is 135 Å².